The molecule has 2 heterocycles. The molecule has 2 aromatic heterocycles. The minimum absolute atomic E-state index is 0.0397. The Hall–Kier alpha value is -2.51. The topological polar surface area (TPSA) is 54.3 Å². The number of carbonyl (C=O) groups excluding carboxylic acids is 1. The Bertz CT molecular complexity index is 856. The van der Waals surface area contributed by atoms with Gasteiger partial charge in [0.25, 0.3) is 5.91 Å². The Morgan fingerprint density at radius 3 is 2.62 bits per heavy atom. The first-order valence-electron chi connectivity index (χ1n) is 8.45. The molecule has 0 aliphatic carbocycles. The van der Waals surface area contributed by atoms with E-state index in [4.69, 9.17) is 0 Å². The first-order valence-corrected chi connectivity index (χ1v) is 9.33. The van der Waals surface area contributed by atoms with Crippen molar-refractivity contribution >= 4 is 17.2 Å². The highest BCUT2D eigenvalue weighted by atomic mass is 32.1. The summed E-state index contributed by atoms with van der Waals surface area (Å²) in [7, 11) is 5.88. The Balaban J connectivity index is 1.79. The van der Waals surface area contributed by atoms with Crippen LogP contribution in [-0.2, 0) is 13.6 Å². The second-order valence-corrected chi connectivity index (χ2v) is 7.31. The Labute approximate surface area is 157 Å². The predicted molar refractivity (Wildman–Crippen MR) is 104 cm³/mol. The Morgan fingerprint density at radius 1 is 1.19 bits per heavy atom. The number of aryl methyl sites for hydroxylation is 1. The summed E-state index contributed by atoms with van der Waals surface area (Å²) >= 11 is 1.47. The van der Waals surface area contributed by atoms with Gasteiger partial charge in [0.05, 0.1) is 6.20 Å². The summed E-state index contributed by atoms with van der Waals surface area (Å²) in [5.41, 5.74) is 2.53. The first-order chi connectivity index (χ1) is 12.5. The molecule has 26 heavy (non-hydrogen) atoms. The van der Waals surface area contributed by atoms with Crippen LogP contribution in [0.4, 0.5) is 0 Å². The summed E-state index contributed by atoms with van der Waals surface area (Å²) in [6.45, 7) is 2.03. The van der Waals surface area contributed by atoms with E-state index in [9.17, 15) is 4.79 Å². The van der Waals surface area contributed by atoms with Gasteiger partial charge in [0.15, 0.2) is 0 Å². The van der Waals surface area contributed by atoms with E-state index in [-0.39, 0.29) is 5.91 Å². The number of rotatable bonds is 7. The molecule has 0 N–H and O–H groups in total. The van der Waals surface area contributed by atoms with Gasteiger partial charge in [-0.3, -0.25) is 9.48 Å². The van der Waals surface area contributed by atoms with E-state index in [2.05, 4.69) is 15.0 Å². The van der Waals surface area contributed by atoms with Crippen LogP contribution in [0.15, 0.2) is 48.1 Å². The molecule has 0 aliphatic heterocycles. The summed E-state index contributed by atoms with van der Waals surface area (Å²) in [4.78, 5) is 21.5. The van der Waals surface area contributed by atoms with Crippen molar-refractivity contribution in [1.29, 1.82) is 0 Å². The maximum atomic E-state index is 13.0. The van der Waals surface area contributed by atoms with Crippen LogP contribution in [0.1, 0.15) is 16.1 Å². The van der Waals surface area contributed by atoms with Crippen molar-refractivity contribution in [3.05, 3.63) is 59.4 Å². The van der Waals surface area contributed by atoms with Crippen molar-refractivity contribution in [2.75, 3.05) is 27.2 Å². The van der Waals surface area contributed by atoms with Crippen LogP contribution in [0.5, 0.6) is 0 Å². The molecular weight excluding hydrogens is 346 g/mol. The highest BCUT2D eigenvalue weighted by Crippen LogP contribution is 2.24. The smallest absolute Gasteiger partial charge is 0.273 e. The lowest BCUT2D eigenvalue weighted by atomic mass is 10.2. The molecule has 0 radical (unpaired) electrons. The third-order valence-electron chi connectivity index (χ3n) is 4.00. The number of aromatic nitrogens is 3. The number of benzene rings is 1. The van der Waals surface area contributed by atoms with Gasteiger partial charge >= 0.3 is 0 Å². The molecule has 0 saturated heterocycles. The van der Waals surface area contributed by atoms with Crippen molar-refractivity contribution < 1.29 is 4.79 Å². The van der Waals surface area contributed by atoms with Crippen LogP contribution in [0.3, 0.4) is 0 Å². The SMILES string of the molecule is CN(C)CCN(Cc1ccccc1)C(=O)c1csc(-c2cnn(C)c2)n1. The third kappa shape index (κ3) is 4.56. The second kappa shape index (κ2) is 8.25. The Kier molecular flexibility index (Phi) is 5.80. The zero-order chi connectivity index (χ0) is 18.5. The molecule has 0 fully saturated rings. The second-order valence-electron chi connectivity index (χ2n) is 6.46. The lowest BCUT2D eigenvalue weighted by Gasteiger charge is -2.24. The van der Waals surface area contributed by atoms with Crippen LogP contribution in [0.25, 0.3) is 10.6 Å². The fourth-order valence-electron chi connectivity index (χ4n) is 2.58. The summed E-state index contributed by atoms with van der Waals surface area (Å²) < 4.78 is 1.73. The van der Waals surface area contributed by atoms with Gasteiger partial charge in [-0.2, -0.15) is 5.10 Å². The van der Waals surface area contributed by atoms with E-state index in [1.165, 1.54) is 11.3 Å². The number of nitrogens with zero attached hydrogens (tertiary/aromatic N) is 5. The van der Waals surface area contributed by atoms with Crippen molar-refractivity contribution in [3.63, 3.8) is 0 Å². The van der Waals surface area contributed by atoms with Gasteiger partial charge in [-0.25, -0.2) is 4.98 Å². The van der Waals surface area contributed by atoms with Gasteiger partial charge in [-0.15, -0.1) is 11.3 Å². The van der Waals surface area contributed by atoms with E-state index in [0.717, 1.165) is 22.7 Å². The zero-order valence-electron chi connectivity index (χ0n) is 15.3. The van der Waals surface area contributed by atoms with Crippen LogP contribution < -0.4 is 0 Å². The molecule has 3 rings (SSSR count). The molecule has 3 aromatic rings. The van der Waals surface area contributed by atoms with Crippen LogP contribution >= 0.6 is 11.3 Å². The lowest BCUT2D eigenvalue weighted by molar-refractivity contribution is 0.0727. The highest BCUT2D eigenvalue weighted by Gasteiger charge is 2.20. The first kappa shape index (κ1) is 18.3. The fourth-order valence-corrected chi connectivity index (χ4v) is 3.34. The van der Waals surface area contributed by atoms with E-state index < -0.39 is 0 Å². The number of hydrogen-bond acceptors (Lipinski definition) is 5. The van der Waals surface area contributed by atoms with Crippen molar-refractivity contribution in [1.82, 2.24) is 24.6 Å². The minimum Gasteiger partial charge on any atom is -0.332 e. The molecule has 7 heteroatoms. The summed E-state index contributed by atoms with van der Waals surface area (Å²) in [5, 5.41) is 6.81. The molecule has 0 saturated carbocycles. The molecule has 6 nitrogen and oxygen atoms in total. The van der Waals surface area contributed by atoms with Gasteiger partial charge in [-0.05, 0) is 19.7 Å². The molecule has 0 spiro atoms. The molecule has 1 amide bonds. The summed E-state index contributed by atoms with van der Waals surface area (Å²) in [5.74, 6) is -0.0397. The van der Waals surface area contributed by atoms with Crippen LogP contribution in [0, 0.1) is 0 Å². The molecule has 136 valence electrons. The van der Waals surface area contributed by atoms with Crippen molar-refractivity contribution in [2.24, 2.45) is 7.05 Å². The molecule has 0 unspecified atom stereocenters. The van der Waals surface area contributed by atoms with Crippen LogP contribution in [-0.4, -0.2) is 57.7 Å². The van der Waals surface area contributed by atoms with E-state index in [1.807, 2.05) is 68.0 Å². The van der Waals surface area contributed by atoms with Gasteiger partial charge < -0.3 is 9.80 Å². The molecule has 0 atom stereocenters. The number of amides is 1. The van der Waals surface area contributed by atoms with Crippen molar-refractivity contribution in [2.45, 2.75) is 6.54 Å². The maximum absolute atomic E-state index is 13.0. The van der Waals surface area contributed by atoms with Crippen molar-refractivity contribution in [3.8, 4) is 10.6 Å². The standard InChI is InChI=1S/C19H23N5OS/c1-22(2)9-10-24(12-15-7-5-4-6-8-15)19(25)17-14-26-18(21-17)16-11-20-23(3)13-16/h4-8,11,13-14H,9-10,12H2,1-3H3. The third-order valence-corrected chi connectivity index (χ3v) is 4.89. The number of thiazole rings is 1. The largest absolute Gasteiger partial charge is 0.332 e. The predicted octanol–water partition coefficient (Wildman–Crippen LogP) is 2.75. The van der Waals surface area contributed by atoms with Crippen LogP contribution in [0.2, 0.25) is 0 Å². The fraction of sp³-hybridized carbons (Fsp3) is 0.316. The van der Waals surface area contributed by atoms with Gasteiger partial charge in [0.1, 0.15) is 10.7 Å². The molecule has 0 aliphatic rings. The number of carbonyl (C=O) groups is 1. The summed E-state index contributed by atoms with van der Waals surface area (Å²) in [6, 6.07) is 10.0. The van der Waals surface area contributed by atoms with E-state index in [0.29, 0.717) is 18.8 Å². The monoisotopic (exact) mass is 369 g/mol. The molecular formula is C19H23N5OS. The van der Waals surface area contributed by atoms with Gasteiger partial charge in [0, 0.05) is 43.8 Å². The average molecular weight is 369 g/mol. The lowest BCUT2D eigenvalue weighted by Crippen LogP contribution is -2.36. The normalized spacial score (nSPS) is 11.1. The zero-order valence-corrected chi connectivity index (χ0v) is 16.1. The highest BCUT2D eigenvalue weighted by molar-refractivity contribution is 7.13. The average Bonchev–Trinajstić information content (AvgIpc) is 3.27. The number of hydrogen-bond donors (Lipinski definition) is 0. The Morgan fingerprint density at radius 2 is 1.96 bits per heavy atom. The summed E-state index contributed by atoms with van der Waals surface area (Å²) in [6.07, 6.45) is 3.67. The molecule has 1 aromatic carbocycles. The quantitative estimate of drug-likeness (QED) is 0.643. The molecule has 0 bridgehead atoms. The van der Waals surface area contributed by atoms with Gasteiger partial charge in [-0.1, -0.05) is 30.3 Å². The van der Waals surface area contributed by atoms with E-state index >= 15 is 0 Å². The number of likely N-dealkylation sites (N-methyl/N-ethyl adjacent to an activating group) is 1. The van der Waals surface area contributed by atoms with Gasteiger partial charge in [0.2, 0.25) is 0 Å². The minimum atomic E-state index is -0.0397. The van der Waals surface area contributed by atoms with E-state index in [1.54, 1.807) is 10.9 Å². The maximum Gasteiger partial charge on any atom is 0.273 e.